The Morgan fingerprint density at radius 2 is 0.867 bits per heavy atom. The van der Waals surface area contributed by atoms with Crippen LogP contribution in [0.1, 0.15) is 151 Å². The molecular formula is C67H104N18O20. The Morgan fingerprint density at radius 3 is 1.30 bits per heavy atom. The molecule has 582 valence electrons. The number of carboxylic acid groups (broad SMARTS) is 3. The van der Waals surface area contributed by atoms with Gasteiger partial charge in [0, 0.05) is 69.1 Å². The van der Waals surface area contributed by atoms with Gasteiger partial charge in [0.1, 0.15) is 72.5 Å². The average molecular weight is 1480 g/mol. The molecule has 3 aliphatic heterocycles. The van der Waals surface area contributed by atoms with Crippen LogP contribution in [-0.4, -0.2) is 261 Å². The zero-order valence-electron chi connectivity index (χ0n) is 60.7. The fraction of sp³-hybridized carbons (Fsp3) is 0.672. The number of likely N-dealkylation sites (tertiary alicyclic amines) is 3. The highest BCUT2D eigenvalue weighted by Gasteiger charge is 2.44. The summed E-state index contributed by atoms with van der Waals surface area (Å²) in [5.41, 5.74) is 6.43. The molecule has 15 atom stereocenters. The molecule has 105 heavy (non-hydrogen) atoms. The number of nitrogens with one attached hydrogen (secondary N) is 12. The summed E-state index contributed by atoms with van der Waals surface area (Å²) >= 11 is 0. The van der Waals surface area contributed by atoms with E-state index in [4.69, 9.17) is 10.8 Å². The molecule has 3 saturated heterocycles. The van der Waals surface area contributed by atoms with E-state index in [2.05, 4.69) is 73.1 Å². The maximum absolute atomic E-state index is 14.5. The molecule has 5 rings (SSSR count). The topological polar surface area (TPSA) is 567 Å². The SMILES string of the molecule is CC[C@H](C)[C@H](NC(=O)[C@@H](NC(=O)[C@@H]1CCCN1C(=O)[C@H](Cc1cnc[nH]1)NC(=O)[C@@H]1CCCN1C(=O)CN)C(C)C)C(=O)N[C@H](C(=O)N[C@H](C(=O)N[C@H](C(=O)NCC(=O)N1CCC[C@H]1C(=O)N[C@@H](Cc1cnc[nH]1)C(=O)N[C@@H](CCC(=O)O)C(=O)N[C@@H](CCC(=O)O)C(=O)O)[C@@H](C)O)[C@@H](C)CC)C(C)C. The third-order valence-corrected chi connectivity index (χ3v) is 19.1. The van der Waals surface area contributed by atoms with Crippen molar-refractivity contribution < 1.29 is 97.1 Å². The van der Waals surface area contributed by atoms with Crippen LogP contribution in [0.25, 0.3) is 0 Å². The van der Waals surface area contributed by atoms with Crippen LogP contribution < -0.4 is 58.9 Å². The number of H-pyrrole nitrogens is 2. The van der Waals surface area contributed by atoms with E-state index < -0.39 is 229 Å². The van der Waals surface area contributed by atoms with Gasteiger partial charge < -0.3 is 104 Å². The molecular weight excluding hydrogens is 1380 g/mol. The Kier molecular flexibility index (Phi) is 33.2. The van der Waals surface area contributed by atoms with Crippen LogP contribution >= 0.6 is 0 Å². The maximum Gasteiger partial charge on any atom is 0.326 e. The standard InChI is InChI=1S/C67H104N18O20/c1-10-35(7)53(80-62(99)51(33(3)4)78-60(97)46-17-14-24-85(46)66(103)43(26-39-29-70-32-73-39)77-59(96)44-15-12-22-83(44)47(87)27-68)64(101)79-52(34(5)6)63(100)81-54(36(8)11-2)65(102)82-55(37(9)86)61(98)71-30-48(88)84-23-13-16-45(84)58(95)76-42(25-38-28-69-31-72-38)57(94)74-40(18-20-49(89)90)56(93)75-41(67(104)105)19-21-50(91)92/h28-29,31-37,40-46,51-55,86H,10-27,30,68H2,1-9H3,(H,69,72)(H,70,73)(H,71,98)(H,74,94)(H,75,93)(H,76,95)(H,77,96)(H,78,97)(H,79,101)(H,80,99)(H,81,100)(H,82,102)(H,89,90)(H,91,92)(H,104,105)/t35-,36-,37+,40-,41-,42-,43-,44-,45-,46-,51-,52-,53-,54-,55-/m0/s1. The first-order chi connectivity index (χ1) is 49.6. The van der Waals surface area contributed by atoms with Crippen LogP contribution in [0.4, 0.5) is 0 Å². The fourth-order valence-electron chi connectivity index (χ4n) is 12.6. The highest BCUT2D eigenvalue weighted by Crippen LogP contribution is 2.24. The molecule has 2 aromatic heterocycles. The molecule has 0 radical (unpaired) electrons. The Hall–Kier alpha value is -10.1. The van der Waals surface area contributed by atoms with E-state index in [0.717, 1.165) is 4.90 Å². The zero-order valence-corrected chi connectivity index (χ0v) is 60.7. The number of amides is 13. The number of nitrogens with zero attached hydrogens (tertiary/aromatic N) is 5. The van der Waals surface area contributed by atoms with Crippen molar-refractivity contribution in [2.24, 2.45) is 29.4 Å². The lowest BCUT2D eigenvalue weighted by molar-refractivity contribution is -0.144. The molecule has 0 spiro atoms. The van der Waals surface area contributed by atoms with Crippen molar-refractivity contribution in [3.8, 4) is 0 Å². The molecule has 0 unspecified atom stereocenters. The summed E-state index contributed by atoms with van der Waals surface area (Å²) in [4.78, 5) is 234. The number of hydrogen-bond donors (Lipinski definition) is 17. The lowest BCUT2D eigenvalue weighted by Crippen LogP contribution is -2.63. The van der Waals surface area contributed by atoms with Gasteiger partial charge >= 0.3 is 17.9 Å². The van der Waals surface area contributed by atoms with Crippen LogP contribution in [0.15, 0.2) is 25.0 Å². The summed E-state index contributed by atoms with van der Waals surface area (Å²) < 4.78 is 0. The number of hydrogen-bond acceptors (Lipinski definition) is 20. The molecule has 38 nitrogen and oxygen atoms in total. The first kappa shape index (κ1) is 85.5. The van der Waals surface area contributed by atoms with E-state index in [-0.39, 0.29) is 58.2 Å². The number of carboxylic acids is 3. The van der Waals surface area contributed by atoms with Gasteiger partial charge in [-0.15, -0.1) is 0 Å². The molecule has 13 amide bonds. The number of aromatic nitrogens is 4. The van der Waals surface area contributed by atoms with Gasteiger partial charge in [0.2, 0.25) is 76.8 Å². The van der Waals surface area contributed by atoms with Crippen LogP contribution in [0.2, 0.25) is 0 Å². The van der Waals surface area contributed by atoms with Crippen LogP contribution in [0.3, 0.4) is 0 Å². The van der Waals surface area contributed by atoms with Crippen molar-refractivity contribution in [3.63, 3.8) is 0 Å². The van der Waals surface area contributed by atoms with Crippen LogP contribution in [0.5, 0.6) is 0 Å². The van der Waals surface area contributed by atoms with Crippen LogP contribution in [-0.2, 0) is 89.6 Å². The van der Waals surface area contributed by atoms with Crippen LogP contribution in [0, 0.1) is 23.7 Å². The summed E-state index contributed by atoms with van der Waals surface area (Å²) in [6, 6.07) is -16.4. The third-order valence-electron chi connectivity index (χ3n) is 19.1. The number of aliphatic carboxylic acids is 3. The van der Waals surface area contributed by atoms with E-state index in [0.29, 0.717) is 43.6 Å². The van der Waals surface area contributed by atoms with E-state index >= 15 is 0 Å². The number of rotatable bonds is 41. The van der Waals surface area contributed by atoms with Gasteiger partial charge in [0.05, 0.1) is 31.8 Å². The number of nitrogens with two attached hydrogens (primary N) is 1. The fourth-order valence-corrected chi connectivity index (χ4v) is 12.6. The molecule has 3 fully saturated rings. The van der Waals surface area contributed by atoms with E-state index in [1.807, 2.05) is 0 Å². The predicted octanol–water partition coefficient (Wildman–Crippen LogP) is -4.07. The van der Waals surface area contributed by atoms with Gasteiger partial charge in [-0.3, -0.25) is 71.9 Å². The van der Waals surface area contributed by atoms with Gasteiger partial charge in [-0.1, -0.05) is 68.2 Å². The van der Waals surface area contributed by atoms with E-state index in [1.165, 1.54) is 41.8 Å². The minimum atomic E-state index is -1.75. The van der Waals surface area contributed by atoms with E-state index in [1.54, 1.807) is 55.4 Å². The van der Waals surface area contributed by atoms with Gasteiger partial charge in [-0.2, -0.15) is 0 Å². The van der Waals surface area contributed by atoms with Gasteiger partial charge in [-0.25, -0.2) is 14.8 Å². The molecule has 18 N–H and O–H groups in total. The predicted molar refractivity (Wildman–Crippen MR) is 370 cm³/mol. The summed E-state index contributed by atoms with van der Waals surface area (Å²) in [6.45, 7) is 14.0. The molecule has 0 aromatic carbocycles. The smallest absolute Gasteiger partial charge is 0.326 e. The molecule has 38 heteroatoms. The number of aliphatic hydroxyl groups excluding tert-OH is 1. The van der Waals surface area contributed by atoms with Gasteiger partial charge in [0.15, 0.2) is 0 Å². The molecule has 0 aliphatic carbocycles. The summed E-state index contributed by atoms with van der Waals surface area (Å²) in [5, 5.41) is 64.7. The first-order valence-corrected chi connectivity index (χ1v) is 35.5. The molecule has 2 aromatic rings. The highest BCUT2D eigenvalue weighted by molar-refractivity contribution is 6.00. The molecule has 3 aliphatic rings. The second-order valence-electron chi connectivity index (χ2n) is 27.5. The Balaban J connectivity index is 1.23. The number of carbonyl (C=O) groups is 16. The summed E-state index contributed by atoms with van der Waals surface area (Å²) in [7, 11) is 0. The molecule has 5 heterocycles. The van der Waals surface area contributed by atoms with Crippen molar-refractivity contribution in [1.82, 2.24) is 87.8 Å². The lowest BCUT2D eigenvalue weighted by Gasteiger charge is -2.33. The number of aromatic amines is 2. The van der Waals surface area contributed by atoms with Crippen molar-refractivity contribution >= 4 is 94.7 Å². The summed E-state index contributed by atoms with van der Waals surface area (Å²) in [5.74, 6) is -17.3. The van der Waals surface area contributed by atoms with Gasteiger partial charge in [0.25, 0.3) is 0 Å². The monoisotopic (exact) mass is 1480 g/mol. The third kappa shape index (κ3) is 24.8. The largest absolute Gasteiger partial charge is 0.481 e. The Bertz CT molecular complexity index is 3390. The number of aliphatic hydroxyl groups is 1. The second-order valence-corrected chi connectivity index (χ2v) is 27.5. The van der Waals surface area contributed by atoms with Crippen molar-refractivity contribution in [3.05, 3.63) is 36.4 Å². The zero-order chi connectivity index (χ0) is 78.1. The molecule has 0 bridgehead atoms. The average Bonchev–Trinajstić information content (AvgIpc) is 1.70. The minimum Gasteiger partial charge on any atom is -0.481 e. The van der Waals surface area contributed by atoms with Crippen molar-refractivity contribution in [2.75, 3.05) is 32.7 Å². The first-order valence-electron chi connectivity index (χ1n) is 35.5. The normalized spacial score (nSPS) is 19.1. The summed E-state index contributed by atoms with van der Waals surface area (Å²) in [6.07, 6.45) is 3.57. The Morgan fingerprint density at radius 1 is 0.476 bits per heavy atom. The highest BCUT2D eigenvalue weighted by atomic mass is 16.4. The van der Waals surface area contributed by atoms with E-state index in [9.17, 15) is 92.0 Å². The van der Waals surface area contributed by atoms with Crippen molar-refractivity contribution in [1.29, 1.82) is 0 Å². The van der Waals surface area contributed by atoms with Gasteiger partial charge in [-0.05, 0) is 82.0 Å². The number of carbonyl (C=O) groups excluding carboxylic acids is 13. The lowest BCUT2D eigenvalue weighted by atomic mass is 9.94. The maximum atomic E-state index is 14.5. The number of imidazole rings is 2. The second kappa shape index (κ2) is 40.8. The quantitative estimate of drug-likeness (QED) is 0.0301. The Labute approximate surface area is 606 Å². The minimum absolute atomic E-state index is 0.0134. The van der Waals surface area contributed by atoms with Crippen molar-refractivity contribution in [2.45, 2.75) is 231 Å². The molecule has 0 saturated carbocycles.